The number of phosphoric acid groups is 1. The number of carbonyl (C=O) groups is 2. The molecule has 0 spiro atoms. The maximum Gasteiger partial charge on any atom is 0.472 e. The van der Waals surface area contributed by atoms with E-state index < -0.39 is 32.5 Å². The van der Waals surface area contributed by atoms with E-state index in [4.69, 9.17) is 18.5 Å². The highest BCUT2D eigenvalue weighted by molar-refractivity contribution is 7.47. The van der Waals surface area contributed by atoms with Gasteiger partial charge < -0.3 is 24.0 Å². The summed E-state index contributed by atoms with van der Waals surface area (Å²) < 4.78 is 34.2. The van der Waals surface area contributed by atoms with Gasteiger partial charge in [-0.3, -0.25) is 18.6 Å². The van der Waals surface area contributed by atoms with Crippen LogP contribution in [0.5, 0.6) is 0 Å². The Balaban J connectivity index is 4.54. The highest BCUT2D eigenvalue weighted by atomic mass is 31.2. The SMILES string of the molecule is CCCCC/C=C\C/C=C\C/C=C\C/C=C\CCCCCC(=O)OC[C@H](COP(=O)(O)OCC[N+](C)(C)C)OC(=O)CCC/C=C\C/C=C\C/C=C\C/C=C\C=C\[C@H](O)CC. The molecule has 0 radical (unpaired) electrons. The third-order valence-electron chi connectivity index (χ3n) is 8.94. The van der Waals surface area contributed by atoms with E-state index in [1.165, 1.54) is 25.7 Å². The first-order chi connectivity index (χ1) is 29.4. The van der Waals surface area contributed by atoms with Gasteiger partial charge in [0.1, 0.15) is 19.8 Å². The fourth-order valence-corrected chi connectivity index (χ4v) is 5.96. The van der Waals surface area contributed by atoms with Gasteiger partial charge in [-0.05, 0) is 89.9 Å². The summed E-state index contributed by atoms with van der Waals surface area (Å²) in [6.07, 6.45) is 52.4. The number of allylic oxidation sites excluding steroid dienone is 17. The molecule has 1 unspecified atom stereocenters. The molecule has 0 bridgehead atoms. The Hall–Kier alpha value is -3.37. The third kappa shape index (κ3) is 44.5. The summed E-state index contributed by atoms with van der Waals surface area (Å²) in [5.41, 5.74) is 0. The maximum absolute atomic E-state index is 12.7. The minimum atomic E-state index is -4.42. The summed E-state index contributed by atoms with van der Waals surface area (Å²) in [5, 5.41) is 9.49. The van der Waals surface area contributed by atoms with Crippen LogP contribution < -0.4 is 0 Å². The molecule has 2 N–H and O–H groups in total. The van der Waals surface area contributed by atoms with Gasteiger partial charge in [-0.15, -0.1) is 0 Å². The summed E-state index contributed by atoms with van der Waals surface area (Å²) in [6.45, 7) is 3.91. The van der Waals surface area contributed by atoms with Gasteiger partial charge in [-0.1, -0.05) is 142 Å². The Morgan fingerprint density at radius 3 is 1.61 bits per heavy atom. The van der Waals surface area contributed by atoms with Crippen LogP contribution in [0.1, 0.15) is 136 Å². The minimum absolute atomic E-state index is 0.00233. The molecule has 346 valence electrons. The Labute approximate surface area is 370 Å². The van der Waals surface area contributed by atoms with Crippen LogP contribution in [0.3, 0.4) is 0 Å². The fourth-order valence-electron chi connectivity index (χ4n) is 5.22. The minimum Gasteiger partial charge on any atom is -0.462 e. The van der Waals surface area contributed by atoms with Crippen LogP contribution in [0.2, 0.25) is 0 Å². The Bertz CT molecular complexity index is 1420. The van der Waals surface area contributed by atoms with Crippen molar-refractivity contribution in [2.45, 2.75) is 148 Å². The van der Waals surface area contributed by atoms with Crippen molar-refractivity contribution in [2.24, 2.45) is 0 Å². The van der Waals surface area contributed by atoms with E-state index in [-0.39, 0.29) is 32.2 Å². The summed E-state index contributed by atoms with van der Waals surface area (Å²) in [5.74, 6) is -0.935. The molecule has 3 atom stereocenters. The molecule has 0 aromatic carbocycles. The first kappa shape index (κ1) is 57.6. The van der Waals surface area contributed by atoms with Crippen molar-refractivity contribution in [2.75, 3.05) is 47.5 Å². The molecule has 0 aromatic heterocycles. The molecule has 61 heavy (non-hydrogen) atoms. The highest BCUT2D eigenvalue weighted by Crippen LogP contribution is 2.43. The molecule has 0 aromatic rings. The summed E-state index contributed by atoms with van der Waals surface area (Å²) in [4.78, 5) is 35.4. The van der Waals surface area contributed by atoms with Crippen molar-refractivity contribution >= 4 is 19.8 Å². The molecule has 0 saturated heterocycles. The van der Waals surface area contributed by atoms with Crippen LogP contribution in [0, 0.1) is 0 Å². The molecule has 0 fully saturated rings. The number of likely N-dealkylation sites (N-methyl/N-ethyl adjacent to an activating group) is 1. The Kier molecular flexibility index (Phi) is 38.4. The lowest BCUT2D eigenvalue weighted by Crippen LogP contribution is -2.37. The van der Waals surface area contributed by atoms with Crippen molar-refractivity contribution in [1.82, 2.24) is 0 Å². The summed E-state index contributed by atoms with van der Waals surface area (Å²) >= 11 is 0. The van der Waals surface area contributed by atoms with E-state index >= 15 is 0 Å². The maximum atomic E-state index is 12.7. The Morgan fingerprint density at radius 1 is 0.590 bits per heavy atom. The second-order valence-electron chi connectivity index (χ2n) is 15.9. The lowest BCUT2D eigenvalue weighted by Gasteiger charge is -2.24. The number of phosphoric ester groups is 1. The first-order valence-electron chi connectivity index (χ1n) is 22.7. The van der Waals surface area contributed by atoms with E-state index in [0.29, 0.717) is 36.7 Å². The van der Waals surface area contributed by atoms with E-state index in [0.717, 1.165) is 57.8 Å². The number of quaternary nitrogens is 1. The highest BCUT2D eigenvalue weighted by Gasteiger charge is 2.27. The standard InChI is InChI=1S/C50H82NO9P/c1-6-8-9-10-11-12-13-14-15-16-17-18-19-23-26-29-32-35-38-41-49(53)57-45-48(46-59-61(55,56)58-44-43-51(3,4)5)60-50(54)42-39-36-33-30-27-24-21-20-22-25-28-31-34-37-40-47(52)7-2/h11-12,14-15,17-18,21-26,30-31,33-34,37,40,47-48,52H,6-10,13,16,19-20,27-29,32,35-36,38-39,41-46H2,1-5H3/p+1/b12-11-,15-14-,18-17-,24-21-,25-22-,26-23-,33-30-,34-31-,40-37+/t47-,48-/m1/s1. The molecular weight excluding hydrogens is 790 g/mol. The predicted molar refractivity (Wildman–Crippen MR) is 253 cm³/mol. The number of carbonyl (C=O) groups excluding carboxylic acids is 2. The topological polar surface area (TPSA) is 129 Å². The number of nitrogens with zero attached hydrogens (tertiary/aromatic N) is 1. The molecule has 0 aliphatic carbocycles. The van der Waals surface area contributed by atoms with Crippen molar-refractivity contribution < 1.29 is 47.2 Å². The predicted octanol–water partition coefficient (Wildman–Crippen LogP) is 12.1. The van der Waals surface area contributed by atoms with Crippen LogP contribution in [0.25, 0.3) is 0 Å². The number of aliphatic hydroxyl groups excluding tert-OH is 1. The number of unbranched alkanes of at least 4 members (excludes halogenated alkanes) is 7. The van der Waals surface area contributed by atoms with Crippen molar-refractivity contribution in [3.8, 4) is 0 Å². The van der Waals surface area contributed by atoms with Crippen LogP contribution in [0.15, 0.2) is 109 Å². The lowest BCUT2D eigenvalue weighted by atomic mass is 10.1. The molecule has 0 saturated carbocycles. The van der Waals surface area contributed by atoms with Crippen molar-refractivity contribution in [1.29, 1.82) is 0 Å². The zero-order valence-electron chi connectivity index (χ0n) is 38.5. The normalized spacial score (nSPS) is 15.1. The molecular formula is C50H83NO9P+. The van der Waals surface area contributed by atoms with Crippen molar-refractivity contribution in [3.63, 3.8) is 0 Å². The second-order valence-corrected chi connectivity index (χ2v) is 17.3. The average molecular weight is 873 g/mol. The van der Waals surface area contributed by atoms with Gasteiger partial charge in [0.25, 0.3) is 0 Å². The van der Waals surface area contributed by atoms with Crippen LogP contribution in [-0.4, -0.2) is 86.1 Å². The molecule has 0 rings (SSSR count). The molecule has 10 nitrogen and oxygen atoms in total. The van der Waals surface area contributed by atoms with Crippen LogP contribution in [0.4, 0.5) is 0 Å². The molecule has 11 heteroatoms. The van der Waals surface area contributed by atoms with E-state index in [1.807, 2.05) is 58.4 Å². The molecule has 0 aliphatic heterocycles. The van der Waals surface area contributed by atoms with Gasteiger partial charge in [0, 0.05) is 12.8 Å². The quantitative estimate of drug-likeness (QED) is 0.0155. The van der Waals surface area contributed by atoms with Crippen LogP contribution >= 0.6 is 7.82 Å². The average Bonchev–Trinajstić information content (AvgIpc) is 3.21. The van der Waals surface area contributed by atoms with E-state index in [9.17, 15) is 24.2 Å². The lowest BCUT2D eigenvalue weighted by molar-refractivity contribution is -0.870. The molecule has 0 heterocycles. The smallest absolute Gasteiger partial charge is 0.462 e. The number of esters is 2. The van der Waals surface area contributed by atoms with Crippen molar-refractivity contribution in [3.05, 3.63) is 109 Å². The van der Waals surface area contributed by atoms with Gasteiger partial charge in [-0.25, -0.2) is 4.57 Å². The van der Waals surface area contributed by atoms with Gasteiger partial charge in [0.05, 0.1) is 33.9 Å². The van der Waals surface area contributed by atoms with Gasteiger partial charge in [-0.2, -0.15) is 0 Å². The number of hydrogen-bond donors (Lipinski definition) is 2. The fraction of sp³-hybridized carbons (Fsp3) is 0.600. The van der Waals surface area contributed by atoms with Gasteiger partial charge in [0.15, 0.2) is 6.10 Å². The number of rotatable bonds is 39. The van der Waals surface area contributed by atoms with E-state index in [2.05, 4.69) is 79.8 Å². The number of ether oxygens (including phenoxy) is 2. The number of hydrogen-bond acceptors (Lipinski definition) is 8. The largest absolute Gasteiger partial charge is 0.472 e. The zero-order valence-corrected chi connectivity index (χ0v) is 39.4. The number of aliphatic hydroxyl groups is 1. The van der Waals surface area contributed by atoms with Gasteiger partial charge in [0.2, 0.25) is 0 Å². The third-order valence-corrected chi connectivity index (χ3v) is 9.93. The summed E-state index contributed by atoms with van der Waals surface area (Å²) in [6, 6.07) is 0. The molecule has 0 aliphatic rings. The Morgan fingerprint density at radius 2 is 1.08 bits per heavy atom. The zero-order chi connectivity index (χ0) is 45.1. The molecule has 0 amide bonds. The summed E-state index contributed by atoms with van der Waals surface area (Å²) in [7, 11) is 1.38. The van der Waals surface area contributed by atoms with Crippen LogP contribution in [-0.2, 0) is 32.7 Å². The first-order valence-corrected chi connectivity index (χ1v) is 24.2. The monoisotopic (exact) mass is 873 g/mol. The van der Waals surface area contributed by atoms with Gasteiger partial charge >= 0.3 is 19.8 Å². The second kappa shape index (κ2) is 40.7. The van der Waals surface area contributed by atoms with E-state index in [1.54, 1.807) is 6.08 Å².